The first-order valence-corrected chi connectivity index (χ1v) is 3.84. The number of nitrogen functional groups attached to an aromatic ring is 1. The predicted molar refractivity (Wildman–Crippen MR) is 55.8 cm³/mol. The van der Waals surface area contributed by atoms with Crippen molar-refractivity contribution in [2.45, 2.75) is 6.92 Å². The molecule has 0 aliphatic heterocycles. The van der Waals surface area contributed by atoms with Gasteiger partial charge >= 0.3 is 0 Å². The van der Waals surface area contributed by atoms with Crippen LogP contribution < -0.4 is 5.73 Å². The van der Waals surface area contributed by atoms with E-state index in [1.54, 1.807) is 6.08 Å². The van der Waals surface area contributed by atoms with Crippen molar-refractivity contribution < 1.29 is 0 Å². The summed E-state index contributed by atoms with van der Waals surface area (Å²) in [6.07, 6.45) is 3.57. The molecule has 0 saturated heterocycles. The summed E-state index contributed by atoms with van der Waals surface area (Å²) in [5.41, 5.74) is 9.74. The third kappa shape index (κ3) is 1.26. The second kappa shape index (κ2) is 3.26. The molecule has 1 rings (SSSR count). The molecular weight excluding hydrogens is 146 g/mol. The SMILES string of the molecule is C=Cc1c(C)ccc(N)c1C=C. The van der Waals surface area contributed by atoms with E-state index in [9.17, 15) is 0 Å². The summed E-state index contributed by atoms with van der Waals surface area (Å²) in [5.74, 6) is 0. The van der Waals surface area contributed by atoms with Gasteiger partial charge in [-0.25, -0.2) is 0 Å². The molecule has 0 spiro atoms. The summed E-state index contributed by atoms with van der Waals surface area (Å²) in [6, 6.07) is 3.87. The van der Waals surface area contributed by atoms with Gasteiger partial charge < -0.3 is 5.73 Å². The van der Waals surface area contributed by atoms with E-state index in [2.05, 4.69) is 13.2 Å². The Morgan fingerprint density at radius 2 is 1.75 bits per heavy atom. The molecule has 0 atom stereocenters. The molecule has 0 aromatic heterocycles. The Hall–Kier alpha value is -1.50. The van der Waals surface area contributed by atoms with Crippen LogP contribution >= 0.6 is 0 Å². The van der Waals surface area contributed by atoms with Crippen molar-refractivity contribution in [3.63, 3.8) is 0 Å². The molecule has 0 aliphatic carbocycles. The van der Waals surface area contributed by atoms with E-state index in [0.717, 1.165) is 16.8 Å². The van der Waals surface area contributed by atoms with Crippen molar-refractivity contribution in [3.05, 3.63) is 42.0 Å². The van der Waals surface area contributed by atoms with Gasteiger partial charge in [-0.2, -0.15) is 0 Å². The van der Waals surface area contributed by atoms with Gasteiger partial charge in [0.1, 0.15) is 0 Å². The van der Waals surface area contributed by atoms with Crippen LogP contribution in [0.5, 0.6) is 0 Å². The largest absolute Gasteiger partial charge is 0.398 e. The smallest absolute Gasteiger partial charge is 0.0393 e. The second-order valence-electron chi connectivity index (χ2n) is 2.71. The van der Waals surface area contributed by atoms with Crippen molar-refractivity contribution in [2.75, 3.05) is 5.73 Å². The van der Waals surface area contributed by atoms with Crippen LogP contribution in [0.2, 0.25) is 0 Å². The second-order valence-corrected chi connectivity index (χ2v) is 2.71. The van der Waals surface area contributed by atoms with E-state index >= 15 is 0 Å². The summed E-state index contributed by atoms with van der Waals surface area (Å²) in [7, 11) is 0. The Bertz CT molecular complexity index is 291. The third-order valence-electron chi connectivity index (χ3n) is 1.95. The molecule has 1 aromatic carbocycles. The molecule has 62 valence electrons. The summed E-state index contributed by atoms with van der Waals surface area (Å²) in [5, 5.41) is 0. The van der Waals surface area contributed by atoms with E-state index < -0.39 is 0 Å². The lowest BCUT2D eigenvalue weighted by molar-refractivity contribution is 1.43. The highest BCUT2D eigenvalue weighted by molar-refractivity contribution is 5.75. The van der Waals surface area contributed by atoms with Crippen LogP contribution in [0.25, 0.3) is 12.2 Å². The van der Waals surface area contributed by atoms with Crippen molar-refractivity contribution in [1.29, 1.82) is 0 Å². The molecule has 0 amide bonds. The highest BCUT2D eigenvalue weighted by atomic mass is 14.6. The summed E-state index contributed by atoms with van der Waals surface area (Å²) in [4.78, 5) is 0. The standard InChI is InChI=1S/C11H13N/c1-4-9-8(3)6-7-11(12)10(9)5-2/h4-7H,1-2,12H2,3H3. The minimum Gasteiger partial charge on any atom is -0.398 e. The molecule has 0 radical (unpaired) electrons. The fourth-order valence-electron chi connectivity index (χ4n) is 1.26. The van der Waals surface area contributed by atoms with Crippen LogP contribution in [0.4, 0.5) is 5.69 Å². The molecule has 1 aromatic rings. The molecule has 0 bridgehead atoms. The quantitative estimate of drug-likeness (QED) is 0.660. The lowest BCUT2D eigenvalue weighted by atomic mass is 10.0. The Labute approximate surface area is 73.2 Å². The Morgan fingerprint density at radius 3 is 2.17 bits per heavy atom. The molecular formula is C11H13N. The van der Waals surface area contributed by atoms with Gasteiger partial charge in [0.15, 0.2) is 0 Å². The van der Waals surface area contributed by atoms with Crippen LogP contribution in [0.1, 0.15) is 16.7 Å². The van der Waals surface area contributed by atoms with Crippen LogP contribution in [0.3, 0.4) is 0 Å². The molecule has 12 heavy (non-hydrogen) atoms. The van der Waals surface area contributed by atoms with Crippen LogP contribution in [0, 0.1) is 6.92 Å². The lowest BCUT2D eigenvalue weighted by Gasteiger charge is -2.07. The number of hydrogen-bond donors (Lipinski definition) is 1. The van der Waals surface area contributed by atoms with Crippen molar-refractivity contribution in [1.82, 2.24) is 0 Å². The van der Waals surface area contributed by atoms with Gasteiger partial charge in [-0.3, -0.25) is 0 Å². The summed E-state index contributed by atoms with van der Waals surface area (Å²) in [6.45, 7) is 9.48. The highest BCUT2D eigenvalue weighted by Crippen LogP contribution is 2.22. The van der Waals surface area contributed by atoms with Crippen LogP contribution in [-0.4, -0.2) is 0 Å². The first kappa shape index (κ1) is 8.60. The number of rotatable bonds is 2. The van der Waals surface area contributed by atoms with Gasteiger partial charge in [-0.1, -0.05) is 31.4 Å². The highest BCUT2D eigenvalue weighted by Gasteiger charge is 2.02. The maximum absolute atomic E-state index is 5.76. The minimum absolute atomic E-state index is 0.755. The monoisotopic (exact) mass is 159 g/mol. The zero-order valence-electron chi connectivity index (χ0n) is 7.30. The van der Waals surface area contributed by atoms with Crippen LogP contribution in [0.15, 0.2) is 25.3 Å². The molecule has 1 nitrogen and oxygen atoms in total. The number of nitrogens with two attached hydrogens (primary N) is 1. The minimum atomic E-state index is 0.755. The van der Waals surface area contributed by atoms with Gasteiger partial charge in [0.2, 0.25) is 0 Å². The summed E-state index contributed by atoms with van der Waals surface area (Å²) >= 11 is 0. The average Bonchev–Trinajstić information content (AvgIpc) is 2.08. The van der Waals surface area contributed by atoms with Gasteiger partial charge in [0.05, 0.1) is 0 Å². The fourth-order valence-corrected chi connectivity index (χ4v) is 1.26. The van der Waals surface area contributed by atoms with E-state index in [1.807, 2.05) is 25.1 Å². The van der Waals surface area contributed by atoms with Crippen molar-refractivity contribution in [3.8, 4) is 0 Å². The lowest BCUT2D eigenvalue weighted by Crippen LogP contribution is -1.93. The molecule has 0 saturated carbocycles. The molecule has 0 heterocycles. The van der Waals surface area contributed by atoms with E-state index in [1.165, 1.54) is 5.56 Å². The normalized spacial score (nSPS) is 9.42. The number of benzene rings is 1. The van der Waals surface area contributed by atoms with Crippen molar-refractivity contribution in [2.24, 2.45) is 0 Å². The molecule has 0 unspecified atom stereocenters. The Kier molecular flexibility index (Phi) is 2.34. The van der Waals surface area contributed by atoms with Crippen LogP contribution in [-0.2, 0) is 0 Å². The maximum atomic E-state index is 5.76. The molecule has 1 heteroatoms. The fraction of sp³-hybridized carbons (Fsp3) is 0.0909. The summed E-state index contributed by atoms with van der Waals surface area (Å²) < 4.78 is 0. The number of anilines is 1. The predicted octanol–water partition coefficient (Wildman–Crippen LogP) is 2.86. The molecule has 0 aliphatic rings. The Balaban J connectivity index is 3.48. The van der Waals surface area contributed by atoms with E-state index in [4.69, 9.17) is 5.73 Å². The topological polar surface area (TPSA) is 26.0 Å². The van der Waals surface area contributed by atoms with Gasteiger partial charge in [0.25, 0.3) is 0 Å². The number of aryl methyl sites for hydroxylation is 1. The zero-order chi connectivity index (χ0) is 9.14. The Morgan fingerprint density at radius 1 is 1.17 bits per heavy atom. The van der Waals surface area contributed by atoms with E-state index in [0.29, 0.717) is 0 Å². The van der Waals surface area contributed by atoms with Crippen molar-refractivity contribution >= 4 is 17.8 Å². The van der Waals surface area contributed by atoms with Gasteiger partial charge in [0, 0.05) is 11.3 Å². The number of hydrogen-bond acceptors (Lipinski definition) is 1. The first-order chi connectivity index (χ1) is 5.70. The van der Waals surface area contributed by atoms with Gasteiger partial charge in [-0.05, 0) is 24.1 Å². The average molecular weight is 159 g/mol. The third-order valence-corrected chi connectivity index (χ3v) is 1.95. The molecule has 2 N–H and O–H groups in total. The van der Waals surface area contributed by atoms with Gasteiger partial charge in [-0.15, -0.1) is 0 Å². The maximum Gasteiger partial charge on any atom is 0.0393 e. The zero-order valence-corrected chi connectivity index (χ0v) is 7.30. The first-order valence-electron chi connectivity index (χ1n) is 3.84. The van der Waals surface area contributed by atoms with E-state index in [-0.39, 0.29) is 0 Å². The molecule has 0 fully saturated rings.